The van der Waals surface area contributed by atoms with Gasteiger partial charge in [-0.3, -0.25) is 5.21 Å². The van der Waals surface area contributed by atoms with Crippen LogP contribution in [0.4, 0.5) is 0 Å². The Bertz CT molecular complexity index is 834. The number of phenolic OH excluding ortho intramolecular Hbond substituents is 2. The second-order valence-corrected chi connectivity index (χ2v) is 6.72. The number of rotatable bonds is 7. The zero-order valence-electron chi connectivity index (χ0n) is 15.4. The molecule has 0 aromatic heterocycles. The Morgan fingerprint density at radius 1 is 1.00 bits per heavy atom. The number of benzene rings is 2. The van der Waals surface area contributed by atoms with Gasteiger partial charge in [-0.1, -0.05) is 56.5 Å². The van der Waals surface area contributed by atoms with Crippen molar-refractivity contribution in [1.82, 2.24) is 5.06 Å². The number of hydroxylamine groups is 2. The van der Waals surface area contributed by atoms with Crippen molar-refractivity contribution < 1.29 is 15.4 Å². The summed E-state index contributed by atoms with van der Waals surface area (Å²) in [6.07, 6.45) is 6.27. The highest BCUT2D eigenvalue weighted by atomic mass is 16.5. The Morgan fingerprint density at radius 2 is 1.78 bits per heavy atom. The number of aryl methyl sites for hydroxylation is 1. The lowest BCUT2D eigenvalue weighted by atomic mass is 9.92. The summed E-state index contributed by atoms with van der Waals surface area (Å²) in [4.78, 5) is 0. The third-order valence-electron chi connectivity index (χ3n) is 4.75. The minimum absolute atomic E-state index is 0.0694. The predicted octanol–water partition coefficient (Wildman–Crippen LogP) is 4.40. The van der Waals surface area contributed by atoms with Crippen LogP contribution < -0.4 is 0 Å². The van der Waals surface area contributed by atoms with Gasteiger partial charge in [0, 0.05) is 17.2 Å². The number of aromatic hydroxyl groups is 2. The predicted molar refractivity (Wildman–Crippen MR) is 105 cm³/mol. The monoisotopic (exact) mass is 367 g/mol. The number of unbranched alkanes of at least 4 members (excludes halogenated alkanes) is 3. The second kappa shape index (κ2) is 8.68. The molecule has 142 valence electrons. The third kappa shape index (κ3) is 4.28. The zero-order chi connectivity index (χ0) is 19.2. The summed E-state index contributed by atoms with van der Waals surface area (Å²) in [7, 11) is 0. The van der Waals surface area contributed by atoms with E-state index in [1.54, 1.807) is 6.07 Å². The van der Waals surface area contributed by atoms with Crippen LogP contribution in [0.3, 0.4) is 0 Å². The fraction of sp³-hybridized carbons (Fsp3) is 0.333. The van der Waals surface area contributed by atoms with Crippen LogP contribution >= 0.6 is 0 Å². The van der Waals surface area contributed by atoms with Crippen LogP contribution in [0.25, 0.3) is 0 Å². The minimum atomic E-state index is -0.708. The van der Waals surface area contributed by atoms with E-state index in [1.165, 1.54) is 12.4 Å². The molecule has 0 amide bonds. The Labute approximate surface area is 159 Å². The Hall–Kier alpha value is -2.86. The van der Waals surface area contributed by atoms with Gasteiger partial charge >= 0.3 is 0 Å². The molecule has 27 heavy (non-hydrogen) atoms. The molecular formula is C21H25N3O3. The largest absolute Gasteiger partial charge is 0.508 e. The molecule has 0 saturated carbocycles. The number of nitrogens with zero attached hydrogens (tertiary/aromatic N) is 3. The lowest BCUT2D eigenvalue weighted by Crippen LogP contribution is -2.33. The Morgan fingerprint density at radius 3 is 2.52 bits per heavy atom. The van der Waals surface area contributed by atoms with E-state index in [4.69, 9.17) is 0 Å². The van der Waals surface area contributed by atoms with Gasteiger partial charge in [-0.25, -0.2) is 5.06 Å². The van der Waals surface area contributed by atoms with Crippen molar-refractivity contribution in [2.24, 2.45) is 10.2 Å². The van der Waals surface area contributed by atoms with Gasteiger partial charge in [0.05, 0.1) is 0 Å². The van der Waals surface area contributed by atoms with Crippen molar-refractivity contribution in [2.75, 3.05) is 0 Å². The maximum atomic E-state index is 10.5. The molecule has 0 fully saturated rings. The second-order valence-electron chi connectivity index (χ2n) is 6.72. The fourth-order valence-corrected chi connectivity index (χ4v) is 3.30. The van der Waals surface area contributed by atoms with Gasteiger partial charge < -0.3 is 10.2 Å². The standard InChI is InChI=1S/C21H25N3O3/c1-2-3-4-6-11-16-12-17(19(26)13-18(16)25)21-20(23-22-14-24(21)27)15-9-7-5-8-10-15/h5,7-10,12-14,21,25-27H,2-4,6,11H2,1H3. The molecule has 3 rings (SSSR count). The topological polar surface area (TPSA) is 88.7 Å². The molecule has 0 saturated heterocycles. The van der Waals surface area contributed by atoms with E-state index < -0.39 is 6.04 Å². The van der Waals surface area contributed by atoms with Crippen LogP contribution in [0.1, 0.15) is 55.3 Å². The van der Waals surface area contributed by atoms with Gasteiger partial charge in [0.2, 0.25) is 0 Å². The first kappa shape index (κ1) is 18.9. The first-order chi connectivity index (χ1) is 13.1. The number of phenols is 2. The van der Waals surface area contributed by atoms with Crippen molar-refractivity contribution in [2.45, 2.75) is 45.1 Å². The van der Waals surface area contributed by atoms with E-state index >= 15 is 0 Å². The van der Waals surface area contributed by atoms with Crippen LogP contribution in [0, 0.1) is 0 Å². The van der Waals surface area contributed by atoms with Gasteiger partial charge in [0.1, 0.15) is 29.6 Å². The van der Waals surface area contributed by atoms with E-state index in [-0.39, 0.29) is 11.5 Å². The first-order valence-electron chi connectivity index (χ1n) is 9.30. The van der Waals surface area contributed by atoms with Gasteiger partial charge in [-0.05, 0) is 24.5 Å². The summed E-state index contributed by atoms with van der Waals surface area (Å²) in [5.41, 5.74) is 2.56. The molecule has 3 N–H and O–H groups in total. The van der Waals surface area contributed by atoms with Crippen LogP contribution in [0.5, 0.6) is 11.5 Å². The van der Waals surface area contributed by atoms with Crippen molar-refractivity contribution in [1.29, 1.82) is 0 Å². The molecule has 1 atom stereocenters. The van der Waals surface area contributed by atoms with Crippen molar-refractivity contribution in [3.05, 3.63) is 59.2 Å². The molecule has 1 unspecified atom stereocenters. The summed E-state index contributed by atoms with van der Waals surface area (Å²) in [6.45, 7) is 2.15. The quantitative estimate of drug-likeness (QED) is 0.633. The summed E-state index contributed by atoms with van der Waals surface area (Å²) in [6, 6.07) is 11.8. The van der Waals surface area contributed by atoms with E-state index in [2.05, 4.69) is 17.1 Å². The van der Waals surface area contributed by atoms with E-state index in [1.807, 2.05) is 30.3 Å². The smallest absolute Gasteiger partial charge is 0.139 e. The summed E-state index contributed by atoms with van der Waals surface area (Å²) < 4.78 is 0. The molecule has 0 radical (unpaired) electrons. The zero-order valence-corrected chi connectivity index (χ0v) is 15.4. The lowest BCUT2D eigenvalue weighted by Gasteiger charge is -2.28. The molecule has 6 heteroatoms. The van der Waals surface area contributed by atoms with Gasteiger partial charge in [0.15, 0.2) is 0 Å². The van der Waals surface area contributed by atoms with E-state index in [0.717, 1.165) is 41.9 Å². The Balaban J connectivity index is 1.95. The average molecular weight is 367 g/mol. The third-order valence-corrected chi connectivity index (χ3v) is 4.75. The first-order valence-corrected chi connectivity index (χ1v) is 9.30. The fourth-order valence-electron chi connectivity index (χ4n) is 3.30. The van der Waals surface area contributed by atoms with Gasteiger partial charge in [-0.2, -0.15) is 5.10 Å². The lowest BCUT2D eigenvalue weighted by molar-refractivity contribution is -0.0296. The molecule has 6 nitrogen and oxygen atoms in total. The maximum Gasteiger partial charge on any atom is 0.139 e. The Kier molecular flexibility index (Phi) is 6.08. The van der Waals surface area contributed by atoms with Crippen LogP contribution in [-0.2, 0) is 6.42 Å². The molecule has 0 spiro atoms. The minimum Gasteiger partial charge on any atom is -0.508 e. The molecule has 1 aliphatic heterocycles. The highest BCUT2D eigenvalue weighted by molar-refractivity contribution is 6.06. The van der Waals surface area contributed by atoms with E-state index in [0.29, 0.717) is 17.7 Å². The molecule has 1 heterocycles. The summed E-state index contributed by atoms with van der Waals surface area (Å²) in [5, 5.41) is 40.1. The molecule has 2 aromatic carbocycles. The normalized spacial score (nSPS) is 16.4. The molecular weight excluding hydrogens is 342 g/mol. The van der Waals surface area contributed by atoms with Gasteiger partial charge in [0.25, 0.3) is 0 Å². The highest BCUT2D eigenvalue weighted by Crippen LogP contribution is 2.37. The number of hydrogen-bond donors (Lipinski definition) is 3. The summed E-state index contributed by atoms with van der Waals surface area (Å²) in [5.74, 6) is -0.0206. The highest BCUT2D eigenvalue weighted by Gasteiger charge is 2.30. The molecule has 1 aliphatic rings. The van der Waals surface area contributed by atoms with Crippen molar-refractivity contribution >= 4 is 12.1 Å². The van der Waals surface area contributed by atoms with Crippen molar-refractivity contribution in [3.63, 3.8) is 0 Å². The van der Waals surface area contributed by atoms with Crippen LogP contribution in [-0.4, -0.2) is 32.5 Å². The van der Waals surface area contributed by atoms with Crippen LogP contribution in [0.15, 0.2) is 52.7 Å². The molecule has 2 aromatic rings. The molecule has 0 aliphatic carbocycles. The van der Waals surface area contributed by atoms with E-state index in [9.17, 15) is 15.4 Å². The van der Waals surface area contributed by atoms with Gasteiger partial charge in [-0.15, -0.1) is 5.10 Å². The maximum absolute atomic E-state index is 10.5. The molecule has 0 bridgehead atoms. The van der Waals surface area contributed by atoms with Crippen LogP contribution in [0.2, 0.25) is 0 Å². The SMILES string of the molecule is CCCCCCc1cc(C2C(c3ccccc3)=NN=CN2O)c(O)cc1O. The average Bonchev–Trinajstić information content (AvgIpc) is 2.67. The summed E-state index contributed by atoms with van der Waals surface area (Å²) >= 11 is 0. The number of hydrogen-bond acceptors (Lipinski definition) is 6. The van der Waals surface area contributed by atoms with Crippen molar-refractivity contribution in [3.8, 4) is 11.5 Å².